The molecule has 0 aromatic heterocycles. The minimum atomic E-state index is -0.665. The van der Waals surface area contributed by atoms with Gasteiger partial charge >= 0.3 is 0 Å². The summed E-state index contributed by atoms with van der Waals surface area (Å²) in [5.74, 6) is 0.879. The van der Waals surface area contributed by atoms with E-state index in [0.29, 0.717) is 25.3 Å². The van der Waals surface area contributed by atoms with Crippen molar-refractivity contribution >= 4 is 5.91 Å². The highest BCUT2D eigenvalue weighted by Crippen LogP contribution is 2.22. The van der Waals surface area contributed by atoms with Crippen molar-refractivity contribution in [2.24, 2.45) is 5.92 Å². The highest BCUT2D eigenvalue weighted by atomic mass is 16.3. The van der Waals surface area contributed by atoms with Gasteiger partial charge in [-0.25, -0.2) is 0 Å². The van der Waals surface area contributed by atoms with E-state index >= 15 is 0 Å². The van der Waals surface area contributed by atoms with Gasteiger partial charge in [0.1, 0.15) is 0 Å². The summed E-state index contributed by atoms with van der Waals surface area (Å²) in [6.07, 6.45) is 4.83. The number of likely N-dealkylation sites (tertiary alicyclic amines) is 1. The predicted octanol–water partition coefficient (Wildman–Crippen LogP) is 0.749. The lowest BCUT2D eigenvalue weighted by atomic mass is 9.94. The first-order valence-electron chi connectivity index (χ1n) is 6.78. The quantitative estimate of drug-likeness (QED) is 0.765. The van der Waals surface area contributed by atoms with E-state index in [4.69, 9.17) is 0 Å². The molecule has 0 aromatic rings. The van der Waals surface area contributed by atoms with Crippen molar-refractivity contribution in [3.05, 3.63) is 0 Å². The maximum absolute atomic E-state index is 12.0. The van der Waals surface area contributed by atoms with Crippen LogP contribution >= 0.6 is 0 Å². The summed E-state index contributed by atoms with van der Waals surface area (Å²) in [5, 5.41) is 13.2. The number of rotatable bonds is 3. The number of aliphatic hydroxyl groups is 1. The van der Waals surface area contributed by atoms with E-state index in [1.807, 2.05) is 11.8 Å². The number of amides is 1. The van der Waals surface area contributed by atoms with Crippen LogP contribution in [0.15, 0.2) is 0 Å². The van der Waals surface area contributed by atoms with Crippen LogP contribution in [0.3, 0.4) is 0 Å². The summed E-state index contributed by atoms with van der Waals surface area (Å²) >= 11 is 0. The van der Waals surface area contributed by atoms with Gasteiger partial charge in [-0.2, -0.15) is 0 Å². The number of piperidine rings is 1. The Kier molecular flexibility index (Phi) is 4.05. The number of β-amino-alcohol motifs (C(OH)–C–C–N with tert-alkyl or cyclic N) is 1. The molecule has 4 heteroatoms. The zero-order chi connectivity index (χ0) is 12.3. The van der Waals surface area contributed by atoms with Crippen LogP contribution in [0.4, 0.5) is 0 Å². The summed E-state index contributed by atoms with van der Waals surface area (Å²) in [6, 6.07) is 0. The monoisotopic (exact) mass is 240 g/mol. The molecule has 2 rings (SSSR count). The molecule has 0 aromatic carbocycles. The Labute approximate surface area is 103 Å². The first-order valence-corrected chi connectivity index (χ1v) is 6.78. The molecule has 2 saturated heterocycles. The van der Waals surface area contributed by atoms with E-state index in [1.165, 1.54) is 12.8 Å². The Hall–Kier alpha value is -0.610. The lowest BCUT2D eigenvalue weighted by molar-refractivity contribution is -0.131. The number of carbonyl (C=O) groups is 1. The molecule has 0 aliphatic carbocycles. The van der Waals surface area contributed by atoms with Crippen LogP contribution in [0.2, 0.25) is 0 Å². The third kappa shape index (κ3) is 3.68. The molecule has 0 saturated carbocycles. The molecule has 98 valence electrons. The van der Waals surface area contributed by atoms with Crippen molar-refractivity contribution in [1.82, 2.24) is 10.2 Å². The number of carbonyl (C=O) groups excluding carboxylic acids is 1. The van der Waals surface area contributed by atoms with E-state index in [9.17, 15) is 9.90 Å². The highest BCUT2D eigenvalue weighted by Gasteiger charge is 2.33. The van der Waals surface area contributed by atoms with Gasteiger partial charge in [0.25, 0.3) is 0 Å². The summed E-state index contributed by atoms with van der Waals surface area (Å²) < 4.78 is 0. The fourth-order valence-corrected chi connectivity index (χ4v) is 2.81. The molecule has 1 amide bonds. The van der Waals surface area contributed by atoms with Gasteiger partial charge in [0, 0.05) is 19.5 Å². The van der Waals surface area contributed by atoms with Crippen molar-refractivity contribution in [2.45, 2.75) is 44.6 Å². The van der Waals surface area contributed by atoms with Gasteiger partial charge < -0.3 is 15.3 Å². The van der Waals surface area contributed by atoms with Crippen LogP contribution in [0, 0.1) is 5.92 Å². The van der Waals surface area contributed by atoms with Crippen LogP contribution in [0.1, 0.15) is 39.0 Å². The Morgan fingerprint density at radius 3 is 3.00 bits per heavy atom. The third-order valence-electron chi connectivity index (χ3n) is 3.97. The largest absolute Gasteiger partial charge is 0.388 e. The van der Waals surface area contributed by atoms with Crippen molar-refractivity contribution in [2.75, 3.05) is 26.2 Å². The van der Waals surface area contributed by atoms with Crippen molar-refractivity contribution in [3.8, 4) is 0 Å². The fourth-order valence-electron chi connectivity index (χ4n) is 2.81. The molecule has 4 nitrogen and oxygen atoms in total. The average molecular weight is 240 g/mol. The fraction of sp³-hybridized carbons (Fsp3) is 0.923. The lowest BCUT2D eigenvalue weighted by Gasteiger charge is -2.24. The van der Waals surface area contributed by atoms with Crippen LogP contribution in [-0.2, 0) is 4.79 Å². The molecule has 0 bridgehead atoms. The van der Waals surface area contributed by atoms with Gasteiger partial charge in [-0.3, -0.25) is 4.79 Å². The van der Waals surface area contributed by atoms with Gasteiger partial charge in [-0.05, 0) is 51.6 Å². The minimum Gasteiger partial charge on any atom is -0.388 e. The first kappa shape index (κ1) is 12.8. The third-order valence-corrected chi connectivity index (χ3v) is 3.97. The molecular weight excluding hydrogens is 216 g/mol. The van der Waals surface area contributed by atoms with Crippen LogP contribution in [-0.4, -0.2) is 47.7 Å². The zero-order valence-corrected chi connectivity index (χ0v) is 10.7. The molecular formula is C13H24N2O2. The van der Waals surface area contributed by atoms with Crippen LogP contribution < -0.4 is 5.32 Å². The SMILES string of the molecule is CC1(O)CCN(C(=O)CCC2CCCNC2)C1. The van der Waals surface area contributed by atoms with E-state index < -0.39 is 5.60 Å². The second-order valence-electron chi connectivity index (χ2n) is 5.81. The zero-order valence-electron chi connectivity index (χ0n) is 10.7. The van der Waals surface area contributed by atoms with Crippen LogP contribution in [0.5, 0.6) is 0 Å². The first-order chi connectivity index (χ1) is 8.07. The number of hydrogen-bond acceptors (Lipinski definition) is 3. The van der Waals surface area contributed by atoms with Gasteiger partial charge in [0.2, 0.25) is 5.91 Å². The molecule has 0 radical (unpaired) electrons. The van der Waals surface area contributed by atoms with Crippen molar-refractivity contribution in [3.63, 3.8) is 0 Å². The van der Waals surface area contributed by atoms with E-state index in [1.54, 1.807) is 0 Å². The smallest absolute Gasteiger partial charge is 0.222 e. The Balaban J connectivity index is 1.70. The van der Waals surface area contributed by atoms with Gasteiger partial charge in [-0.1, -0.05) is 0 Å². The number of nitrogens with one attached hydrogen (secondary N) is 1. The molecule has 2 unspecified atom stereocenters. The Morgan fingerprint density at radius 1 is 1.59 bits per heavy atom. The van der Waals surface area contributed by atoms with E-state index in [0.717, 1.165) is 26.1 Å². The van der Waals surface area contributed by atoms with E-state index in [2.05, 4.69) is 5.32 Å². The number of nitrogens with zero attached hydrogens (tertiary/aromatic N) is 1. The summed E-state index contributed by atoms with van der Waals surface area (Å²) in [4.78, 5) is 13.8. The van der Waals surface area contributed by atoms with Gasteiger partial charge in [0.05, 0.1) is 5.60 Å². The molecule has 2 fully saturated rings. The van der Waals surface area contributed by atoms with Crippen LogP contribution in [0.25, 0.3) is 0 Å². The second kappa shape index (κ2) is 5.36. The second-order valence-corrected chi connectivity index (χ2v) is 5.81. The molecule has 2 aliphatic rings. The van der Waals surface area contributed by atoms with E-state index in [-0.39, 0.29) is 5.91 Å². The highest BCUT2D eigenvalue weighted by molar-refractivity contribution is 5.76. The van der Waals surface area contributed by atoms with Gasteiger partial charge in [-0.15, -0.1) is 0 Å². The Morgan fingerprint density at radius 2 is 2.41 bits per heavy atom. The Bertz CT molecular complexity index is 273. The molecule has 2 aliphatic heterocycles. The molecule has 2 atom stereocenters. The lowest BCUT2D eigenvalue weighted by Crippen LogP contribution is -2.35. The molecule has 17 heavy (non-hydrogen) atoms. The van der Waals surface area contributed by atoms with Gasteiger partial charge in [0.15, 0.2) is 0 Å². The normalized spacial score (nSPS) is 34.0. The number of hydrogen-bond donors (Lipinski definition) is 2. The molecule has 2 N–H and O–H groups in total. The average Bonchev–Trinajstić information content (AvgIpc) is 2.68. The summed E-state index contributed by atoms with van der Waals surface area (Å²) in [7, 11) is 0. The van der Waals surface area contributed by atoms with Crippen molar-refractivity contribution < 1.29 is 9.90 Å². The maximum Gasteiger partial charge on any atom is 0.222 e. The molecule has 0 spiro atoms. The standard InChI is InChI=1S/C13H24N2O2/c1-13(17)6-8-15(10-13)12(16)5-4-11-3-2-7-14-9-11/h11,14,17H,2-10H2,1H3. The topological polar surface area (TPSA) is 52.6 Å². The molecule has 2 heterocycles. The predicted molar refractivity (Wildman–Crippen MR) is 66.6 cm³/mol. The summed E-state index contributed by atoms with van der Waals surface area (Å²) in [6.45, 7) is 5.22. The van der Waals surface area contributed by atoms with Crippen molar-refractivity contribution in [1.29, 1.82) is 0 Å². The summed E-state index contributed by atoms with van der Waals surface area (Å²) in [5.41, 5.74) is -0.665. The maximum atomic E-state index is 12.0. The minimum absolute atomic E-state index is 0.216.